The second-order valence-corrected chi connectivity index (χ2v) is 5.81. The first kappa shape index (κ1) is 14.8. The van der Waals surface area contributed by atoms with Gasteiger partial charge in [-0.1, -0.05) is 0 Å². The van der Waals surface area contributed by atoms with Crippen LogP contribution in [-0.2, 0) is 17.9 Å². The topological polar surface area (TPSA) is 78.8 Å². The van der Waals surface area contributed by atoms with Crippen LogP contribution < -0.4 is 5.32 Å². The lowest BCUT2D eigenvalue weighted by atomic mass is 9.96. The number of piperidine rings is 1. The Balaban J connectivity index is 1.34. The number of carbonyl (C=O) groups excluding carboxylic acids is 1. The van der Waals surface area contributed by atoms with Gasteiger partial charge >= 0.3 is 0 Å². The Morgan fingerprint density at radius 1 is 1.36 bits per heavy atom. The Morgan fingerprint density at radius 2 is 2.23 bits per heavy atom. The summed E-state index contributed by atoms with van der Waals surface area (Å²) in [7, 11) is 0. The van der Waals surface area contributed by atoms with E-state index in [4.69, 9.17) is 0 Å². The minimum absolute atomic E-state index is 0.0311. The minimum Gasteiger partial charge on any atom is -0.354 e. The lowest BCUT2D eigenvalue weighted by Crippen LogP contribution is -2.39. The van der Waals surface area contributed by atoms with E-state index in [0.29, 0.717) is 12.5 Å². The number of amides is 1. The van der Waals surface area contributed by atoms with Gasteiger partial charge in [-0.2, -0.15) is 10.2 Å². The van der Waals surface area contributed by atoms with Gasteiger partial charge in [-0.05, 0) is 44.0 Å². The summed E-state index contributed by atoms with van der Waals surface area (Å²) in [4.78, 5) is 14.3. The Hall–Kier alpha value is -2.15. The average Bonchev–Trinajstić information content (AvgIpc) is 3.20. The van der Waals surface area contributed by atoms with E-state index >= 15 is 0 Å². The number of rotatable bonds is 6. The van der Waals surface area contributed by atoms with Crippen molar-refractivity contribution in [1.29, 1.82) is 0 Å². The lowest BCUT2D eigenvalue weighted by Gasteiger charge is -2.31. The van der Waals surface area contributed by atoms with Gasteiger partial charge in [0, 0.05) is 37.4 Å². The fourth-order valence-corrected chi connectivity index (χ4v) is 2.82. The number of H-pyrrole nitrogens is 1. The van der Waals surface area contributed by atoms with E-state index in [2.05, 4.69) is 25.5 Å². The van der Waals surface area contributed by atoms with Crippen LogP contribution in [0.25, 0.3) is 0 Å². The molecule has 1 saturated heterocycles. The zero-order valence-electron chi connectivity index (χ0n) is 12.6. The molecule has 1 aliphatic rings. The van der Waals surface area contributed by atoms with Crippen molar-refractivity contribution in [1.82, 2.24) is 30.2 Å². The molecule has 0 saturated carbocycles. The zero-order chi connectivity index (χ0) is 15.2. The number of hydrogen-bond donors (Lipinski definition) is 2. The van der Waals surface area contributed by atoms with Gasteiger partial charge in [0.1, 0.15) is 6.54 Å². The quantitative estimate of drug-likeness (QED) is 0.820. The summed E-state index contributed by atoms with van der Waals surface area (Å²) in [6.45, 7) is 4.12. The smallest absolute Gasteiger partial charge is 0.241 e. The Kier molecular flexibility index (Phi) is 4.85. The molecule has 3 heterocycles. The standard InChI is InChI=1S/C15H22N6O/c22-15(12-21-7-1-5-18-21)16-10-13-3-8-20(9-4-13)11-14-2-6-17-19-14/h1-2,5-7,13H,3-4,8-12H2,(H,16,22)(H,17,19). The summed E-state index contributed by atoms with van der Waals surface area (Å²) in [6, 6.07) is 3.84. The first-order valence-electron chi connectivity index (χ1n) is 7.74. The first-order valence-corrected chi connectivity index (χ1v) is 7.74. The van der Waals surface area contributed by atoms with Crippen molar-refractivity contribution < 1.29 is 4.79 Å². The summed E-state index contributed by atoms with van der Waals surface area (Å²) in [6.07, 6.45) is 7.51. The van der Waals surface area contributed by atoms with Crippen LogP contribution in [0, 0.1) is 5.92 Å². The van der Waals surface area contributed by atoms with Gasteiger partial charge in [-0.3, -0.25) is 19.5 Å². The normalized spacial score (nSPS) is 16.7. The van der Waals surface area contributed by atoms with Crippen molar-refractivity contribution in [3.8, 4) is 0 Å². The molecule has 1 amide bonds. The highest BCUT2D eigenvalue weighted by Gasteiger charge is 2.20. The molecule has 0 bridgehead atoms. The zero-order valence-corrected chi connectivity index (χ0v) is 12.6. The van der Waals surface area contributed by atoms with Gasteiger partial charge in [0.15, 0.2) is 0 Å². The molecule has 7 heteroatoms. The molecule has 0 atom stereocenters. The third-order valence-corrected chi connectivity index (χ3v) is 4.11. The molecule has 0 aromatic carbocycles. The fraction of sp³-hybridized carbons (Fsp3) is 0.533. The highest BCUT2D eigenvalue weighted by atomic mass is 16.2. The van der Waals surface area contributed by atoms with E-state index in [1.54, 1.807) is 23.3 Å². The van der Waals surface area contributed by atoms with Crippen molar-refractivity contribution in [3.63, 3.8) is 0 Å². The molecule has 0 aliphatic carbocycles. The predicted molar refractivity (Wildman–Crippen MR) is 81.8 cm³/mol. The number of aromatic nitrogens is 4. The molecule has 2 aromatic rings. The van der Waals surface area contributed by atoms with Crippen LogP contribution in [0.5, 0.6) is 0 Å². The Bertz CT molecular complexity index is 557. The van der Waals surface area contributed by atoms with Gasteiger partial charge in [0.05, 0.1) is 0 Å². The van der Waals surface area contributed by atoms with Crippen LogP contribution in [0.3, 0.4) is 0 Å². The molecule has 3 rings (SSSR count). The van der Waals surface area contributed by atoms with E-state index in [0.717, 1.165) is 44.7 Å². The largest absolute Gasteiger partial charge is 0.354 e. The molecule has 0 radical (unpaired) electrons. The second-order valence-electron chi connectivity index (χ2n) is 5.81. The van der Waals surface area contributed by atoms with Gasteiger partial charge in [0.25, 0.3) is 0 Å². The Morgan fingerprint density at radius 3 is 2.91 bits per heavy atom. The van der Waals surface area contributed by atoms with Crippen LogP contribution in [0.2, 0.25) is 0 Å². The fourth-order valence-electron chi connectivity index (χ4n) is 2.82. The van der Waals surface area contributed by atoms with E-state index < -0.39 is 0 Å². The number of carbonyl (C=O) groups is 1. The number of likely N-dealkylation sites (tertiary alicyclic amines) is 1. The average molecular weight is 302 g/mol. The number of nitrogens with one attached hydrogen (secondary N) is 2. The molecule has 118 valence electrons. The minimum atomic E-state index is 0.0311. The molecular weight excluding hydrogens is 280 g/mol. The lowest BCUT2D eigenvalue weighted by molar-refractivity contribution is -0.122. The molecule has 0 unspecified atom stereocenters. The van der Waals surface area contributed by atoms with Crippen LogP contribution in [-0.4, -0.2) is 50.4 Å². The van der Waals surface area contributed by atoms with E-state index in [1.165, 1.54) is 0 Å². The van der Waals surface area contributed by atoms with E-state index in [9.17, 15) is 4.79 Å². The maximum absolute atomic E-state index is 11.8. The highest BCUT2D eigenvalue weighted by Crippen LogP contribution is 2.17. The van der Waals surface area contributed by atoms with Crippen molar-refractivity contribution >= 4 is 5.91 Å². The maximum atomic E-state index is 11.8. The van der Waals surface area contributed by atoms with Crippen LogP contribution in [0.1, 0.15) is 18.5 Å². The molecule has 0 spiro atoms. The van der Waals surface area contributed by atoms with Gasteiger partial charge in [-0.15, -0.1) is 0 Å². The van der Waals surface area contributed by atoms with Crippen LogP contribution in [0.15, 0.2) is 30.7 Å². The van der Waals surface area contributed by atoms with Gasteiger partial charge in [0.2, 0.25) is 5.91 Å². The van der Waals surface area contributed by atoms with Crippen molar-refractivity contribution in [3.05, 3.63) is 36.4 Å². The maximum Gasteiger partial charge on any atom is 0.241 e. The summed E-state index contributed by atoms with van der Waals surface area (Å²) in [5.74, 6) is 0.600. The van der Waals surface area contributed by atoms with Crippen molar-refractivity contribution in [2.24, 2.45) is 5.92 Å². The first-order chi connectivity index (χ1) is 10.8. The SMILES string of the molecule is O=C(Cn1cccn1)NCC1CCN(Cc2ccn[nH]2)CC1. The van der Waals surface area contributed by atoms with Crippen LogP contribution in [0.4, 0.5) is 0 Å². The number of aromatic amines is 1. The van der Waals surface area contributed by atoms with Crippen LogP contribution >= 0.6 is 0 Å². The number of hydrogen-bond acceptors (Lipinski definition) is 4. The second kappa shape index (κ2) is 7.22. The van der Waals surface area contributed by atoms with E-state index in [-0.39, 0.29) is 5.91 Å². The molecule has 1 fully saturated rings. The monoisotopic (exact) mass is 302 g/mol. The van der Waals surface area contributed by atoms with E-state index in [1.807, 2.05) is 12.1 Å². The third kappa shape index (κ3) is 4.17. The molecule has 2 aromatic heterocycles. The molecule has 1 aliphatic heterocycles. The predicted octanol–water partition coefficient (Wildman–Crippen LogP) is 0.635. The molecule has 2 N–H and O–H groups in total. The molecule has 22 heavy (non-hydrogen) atoms. The molecular formula is C15H22N6O. The van der Waals surface area contributed by atoms with Crippen molar-refractivity contribution in [2.75, 3.05) is 19.6 Å². The summed E-state index contributed by atoms with van der Waals surface area (Å²) >= 11 is 0. The van der Waals surface area contributed by atoms with Crippen molar-refractivity contribution in [2.45, 2.75) is 25.9 Å². The van der Waals surface area contributed by atoms with Gasteiger partial charge < -0.3 is 5.32 Å². The highest BCUT2D eigenvalue weighted by molar-refractivity contribution is 5.75. The van der Waals surface area contributed by atoms with Gasteiger partial charge in [-0.25, -0.2) is 0 Å². The summed E-state index contributed by atoms with van der Waals surface area (Å²) < 4.78 is 1.64. The summed E-state index contributed by atoms with van der Waals surface area (Å²) in [5.41, 5.74) is 1.16. The summed E-state index contributed by atoms with van der Waals surface area (Å²) in [5, 5.41) is 14.0. The third-order valence-electron chi connectivity index (χ3n) is 4.11. The Labute approximate surface area is 129 Å². The molecule has 7 nitrogen and oxygen atoms in total. The number of nitrogens with zero attached hydrogens (tertiary/aromatic N) is 4.